The highest BCUT2D eigenvalue weighted by Crippen LogP contribution is 2.34. The second-order valence-corrected chi connectivity index (χ2v) is 4.22. The molecule has 0 saturated carbocycles. The Morgan fingerprint density at radius 3 is 2.71 bits per heavy atom. The van der Waals surface area contributed by atoms with Gasteiger partial charge in [0.1, 0.15) is 0 Å². The summed E-state index contributed by atoms with van der Waals surface area (Å²) in [6.45, 7) is 1.35. The first-order chi connectivity index (χ1) is 8.02. The number of nitrogens with one attached hydrogen (secondary N) is 1. The van der Waals surface area contributed by atoms with E-state index < -0.39 is 11.7 Å². The van der Waals surface area contributed by atoms with Crippen molar-refractivity contribution in [2.75, 3.05) is 20.3 Å². The molecule has 1 fully saturated rings. The topological polar surface area (TPSA) is 21.3 Å². The maximum absolute atomic E-state index is 12.6. The normalized spacial score (nSPS) is 24.5. The van der Waals surface area contributed by atoms with Crippen molar-refractivity contribution in [3.05, 3.63) is 35.4 Å². The standard InChI is InChI=1S/C12H14F3NO/c1-17-7-9-6-16-11(9)8-3-2-4-10(5-8)12(13,14)15/h2-5,9,11,16H,6-7H2,1H3. The predicted octanol–water partition coefficient (Wildman–Crippen LogP) is 2.61. The van der Waals surface area contributed by atoms with Gasteiger partial charge in [0.2, 0.25) is 0 Å². The zero-order valence-corrected chi connectivity index (χ0v) is 9.42. The van der Waals surface area contributed by atoms with Crippen molar-refractivity contribution >= 4 is 0 Å². The molecule has 5 heteroatoms. The summed E-state index contributed by atoms with van der Waals surface area (Å²) in [5.74, 6) is 0.253. The van der Waals surface area contributed by atoms with Crippen LogP contribution in [-0.2, 0) is 10.9 Å². The Balaban J connectivity index is 2.17. The molecule has 94 valence electrons. The molecule has 0 amide bonds. The van der Waals surface area contributed by atoms with E-state index in [1.807, 2.05) is 0 Å². The van der Waals surface area contributed by atoms with E-state index in [0.717, 1.165) is 12.6 Å². The molecule has 0 aromatic heterocycles. The number of rotatable bonds is 3. The number of hydrogen-bond donors (Lipinski definition) is 1. The second kappa shape index (κ2) is 4.66. The van der Waals surface area contributed by atoms with E-state index in [-0.39, 0.29) is 12.0 Å². The Morgan fingerprint density at radius 2 is 2.18 bits per heavy atom. The predicted molar refractivity (Wildman–Crippen MR) is 57.6 cm³/mol. The fourth-order valence-corrected chi connectivity index (χ4v) is 2.07. The SMILES string of the molecule is COCC1CNC1c1cccc(C(F)(F)F)c1. The van der Waals surface area contributed by atoms with Gasteiger partial charge < -0.3 is 10.1 Å². The van der Waals surface area contributed by atoms with Gasteiger partial charge in [0.25, 0.3) is 0 Å². The van der Waals surface area contributed by atoms with Crippen molar-refractivity contribution in [1.29, 1.82) is 0 Å². The highest BCUT2D eigenvalue weighted by atomic mass is 19.4. The summed E-state index contributed by atoms with van der Waals surface area (Å²) < 4.78 is 42.7. The molecule has 1 aromatic carbocycles. The van der Waals surface area contributed by atoms with Crippen LogP contribution in [0.1, 0.15) is 17.2 Å². The van der Waals surface area contributed by atoms with Crippen LogP contribution >= 0.6 is 0 Å². The number of benzene rings is 1. The molecule has 1 aliphatic heterocycles. The molecule has 0 aliphatic carbocycles. The summed E-state index contributed by atoms with van der Waals surface area (Å²) >= 11 is 0. The van der Waals surface area contributed by atoms with Crippen LogP contribution in [0.25, 0.3) is 0 Å². The van der Waals surface area contributed by atoms with Crippen molar-refractivity contribution < 1.29 is 17.9 Å². The van der Waals surface area contributed by atoms with Gasteiger partial charge in [0.15, 0.2) is 0 Å². The van der Waals surface area contributed by atoms with Gasteiger partial charge in [-0.05, 0) is 17.7 Å². The number of halogens is 3. The van der Waals surface area contributed by atoms with Crippen LogP contribution in [0.5, 0.6) is 0 Å². The van der Waals surface area contributed by atoms with Crippen LogP contribution in [0, 0.1) is 5.92 Å². The molecule has 17 heavy (non-hydrogen) atoms. The first-order valence-electron chi connectivity index (χ1n) is 5.42. The number of hydrogen-bond acceptors (Lipinski definition) is 2. The minimum absolute atomic E-state index is 0.0303. The molecule has 2 nitrogen and oxygen atoms in total. The third-order valence-electron chi connectivity index (χ3n) is 3.03. The van der Waals surface area contributed by atoms with Gasteiger partial charge in [-0.15, -0.1) is 0 Å². The molecule has 1 N–H and O–H groups in total. The molecule has 1 aromatic rings. The second-order valence-electron chi connectivity index (χ2n) is 4.22. The van der Waals surface area contributed by atoms with Crippen LogP contribution in [0.3, 0.4) is 0 Å². The Morgan fingerprint density at radius 1 is 1.41 bits per heavy atom. The largest absolute Gasteiger partial charge is 0.416 e. The van der Waals surface area contributed by atoms with E-state index in [1.54, 1.807) is 13.2 Å². The molecule has 1 aliphatic rings. The van der Waals surface area contributed by atoms with Gasteiger partial charge in [-0.3, -0.25) is 0 Å². The molecule has 0 spiro atoms. The van der Waals surface area contributed by atoms with E-state index in [1.165, 1.54) is 12.1 Å². The summed E-state index contributed by atoms with van der Waals surface area (Å²) in [6, 6.07) is 5.43. The molecule has 2 atom stereocenters. The van der Waals surface area contributed by atoms with Gasteiger partial charge >= 0.3 is 6.18 Å². The van der Waals surface area contributed by atoms with Gasteiger partial charge in [-0.2, -0.15) is 13.2 Å². The monoisotopic (exact) mass is 245 g/mol. The molecular weight excluding hydrogens is 231 g/mol. The van der Waals surface area contributed by atoms with Gasteiger partial charge in [0, 0.05) is 25.6 Å². The summed E-state index contributed by atoms with van der Waals surface area (Å²) in [4.78, 5) is 0. The quantitative estimate of drug-likeness (QED) is 0.883. The highest BCUT2D eigenvalue weighted by Gasteiger charge is 2.34. The molecule has 0 bridgehead atoms. The van der Waals surface area contributed by atoms with Crippen LogP contribution < -0.4 is 5.32 Å². The van der Waals surface area contributed by atoms with E-state index >= 15 is 0 Å². The van der Waals surface area contributed by atoms with Crippen LogP contribution in [-0.4, -0.2) is 20.3 Å². The highest BCUT2D eigenvalue weighted by molar-refractivity contribution is 5.29. The molecule has 0 radical (unpaired) electrons. The lowest BCUT2D eigenvalue weighted by Crippen LogP contribution is -2.47. The van der Waals surface area contributed by atoms with E-state index in [2.05, 4.69) is 5.32 Å². The molecule has 1 heterocycles. The molecular formula is C12H14F3NO. The van der Waals surface area contributed by atoms with Crippen molar-refractivity contribution in [1.82, 2.24) is 5.32 Å². The van der Waals surface area contributed by atoms with Crippen molar-refractivity contribution in [3.63, 3.8) is 0 Å². The van der Waals surface area contributed by atoms with Gasteiger partial charge in [-0.25, -0.2) is 0 Å². The Kier molecular flexibility index (Phi) is 3.40. The summed E-state index contributed by atoms with van der Waals surface area (Å²) in [5, 5.41) is 3.13. The zero-order chi connectivity index (χ0) is 12.5. The zero-order valence-electron chi connectivity index (χ0n) is 9.42. The number of alkyl halides is 3. The van der Waals surface area contributed by atoms with Crippen molar-refractivity contribution in [2.24, 2.45) is 5.92 Å². The third-order valence-corrected chi connectivity index (χ3v) is 3.03. The average Bonchev–Trinajstić information content (AvgIpc) is 2.24. The first-order valence-corrected chi connectivity index (χ1v) is 5.42. The maximum atomic E-state index is 12.6. The molecule has 1 saturated heterocycles. The maximum Gasteiger partial charge on any atom is 0.416 e. The Labute approximate surface area is 97.8 Å². The van der Waals surface area contributed by atoms with E-state index in [9.17, 15) is 13.2 Å². The van der Waals surface area contributed by atoms with Crippen LogP contribution in [0.2, 0.25) is 0 Å². The summed E-state index contributed by atoms with van der Waals surface area (Å²) in [6.07, 6.45) is -4.28. The first kappa shape index (κ1) is 12.4. The summed E-state index contributed by atoms with van der Waals surface area (Å²) in [5.41, 5.74) is 0.0768. The number of methoxy groups -OCH3 is 1. The lowest BCUT2D eigenvalue weighted by atomic mass is 9.86. The molecule has 2 rings (SSSR count). The lowest BCUT2D eigenvalue weighted by Gasteiger charge is -2.38. The lowest BCUT2D eigenvalue weighted by molar-refractivity contribution is -0.137. The summed E-state index contributed by atoms with van der Waals surface area (Å²) in [7, 11) is 1.60. The fraction of sp³-hybridized carbons (Fsp3) is 0.500. The number of ether oxygens (including phenoxy) is 1. The molecule has 2 unspecified atom stereocenters. The van der Waals surface area contributed by atoms with Crippen molar-refractivity contribution in [3.8, 4) is 0 Å². The van der Waals surface area contributed by atoms with E-state index in [0.29, 0.717) is 12.2 Å². The van der Waals surface area contributed by atoms with Crippen LogP contribution in [0.4, 0.5) is 13.2 Å². The Bertz CT molecular complexity index is 392. The van der Waals surface area contributed by atoms with Crippen LogP contribution in [0.15, 0.2) is 24.3 Å². The third kappa shape index (κ3) is 2.61. The van der Waals surface area contributed by atoms with Crippen molar-refractivity contribution in [2.45, 2.75) is 12.2 Å². The Hall–Kier alpha value is -1.07. The van der Waals surface area contributed by atoms with Gasteiger partial charge in [-0.1, -0.05) is 12.1 Å². The fourth-order valence-electron chi connectivity index (χ4n) is 2.07. The van der Waals surface area contributed by atoms with Gasteiger partial charge in [0.05, 0.1) is 12.2 Å². The van der Waals surface area contributed by atoms with E-state index in [4.69, 9.17) is 4.74 Å². The smallest absolute Gasteiger partial charge is 0.384 e. The minimum Gasteiger partial charge on any atom is -0.384 e. The average molecular weight is 245 g/mol. The minimum atomic E-state index is -4.28.